The molecule has 0 aliphatic carbocycles. The van der Waals surface area contributed by atoms with Crippen molar-refractivity contribution in [3.05, 3.63) is 66.9 Å². The third-order valence-corrected chi connectivity index (χ3v) is 5.48. The molecule has 33 heavy (non-hydrogen) atoms. The van der Waals surface area contributed by atoms with E-state index in [0.29, 0.717) is 32.2 Å². The summed E-state index contributed by atoms with van der Waals surface area (Å²) in [7, 11) is -4.06. The van der Waals surface area contributed by atoms with Crippen LogP contribution in [0, 0.1) is 0 Å². The average Bonchev–Trinajstić information content (AvgIpc) is 2.70. The van der Waals surface area contributed by atoms with Crippen molar-refractivity contribution in [3.63, 3.8) is 0 Å². The number of nitrogens with zero attached hydrogens (tertiary/aromatic N) is 3. The van der Waals surface area contributed by atoms with Gasteiger partial charge in [-0.25, -0.2) is 18.2 Å². The monoisotopic (exact) mass is 467 g/mol. The molecule has 8 nitrogen and oxygen atoms in total. The maximum Gasteiger partial charge on any atom is 0.428 e. The second-order valence-electron chi connectivity index (χ2n) is 8.49. The lowest BCUT2D eigenvalue weighted by atomic mass is 10.0. The van der Waals surface area contributed by atoms with Gasteiger partial charge < -0.3 is 4.74 Å². The van der Waals surface area contributed by atoms with Crippen molar-refractivity contribution in [1.29, 1.82) is 0 Å². The van der Waals surface area contributed by atoms with Crippen LogP contribution in [0.25, 0.3) is 22.3 Å². The Morgan fingerprint density at radius 2 is 1.79 bits per heavy atom. The molecule has 3 rings (SSSR count). The van der Waals surface area contributed by atoms with Crippen LogP contribution in [0.3, 0.4) is 0 Å². The normalized spacial score (nSPS) is 11.8. The van der Waals surface area contributed by atoms with Gasteiger partial charge in [0.05, 0.1) is 34.9 Å². The van der Waals surface area contributed by atoms with Crippen molar-refractivity contribution in [3.8, 4) is 11.3 Å². The van der Waals surface area contributed by atoms with Gasteiger partial charge >= 0.3 is 6.09 Å². The van der Waals surface area contributed by atoms with Crippen LogP contribution in [0.2, 0.25) is 0 Å². The first-order chi connectivity index (χ1) is 15.4. The van der Waals surface area contributed by atoms with Crippen molar-refractivity contribution in [2.24, 2.45) is 0 Å². The number of aromatic nitrogens is 2. The zero-order valence-electron chi connectivity index (χ0n) is 18.9. The topological polar surface area (TPSA) is 107 Å². The van der Waals surface area contributed by atoms with Crippen LogP contribution in [0.5, 0.6) is 0 Å². The highest BCUT2D eigenvalue weighted by molar-refractivity contribution is 7.92. The molecule has 3 aromatic rings. The number of carbonyl (C=O) groups excluding carboxylic acids is 2. The molecule has 1 heterocycles. The van der Waals surface area contributed by atoms with E-state index in [1.54, 1.807) is 39.1 Å². The molecule has 0 saturated carbocycles. The first-order valence-electron chi connectivity index (χ1n) is 10.1. The molecule has 0 aliphatic rings. The predicted octanol–water partition coefficient (Wildman–Crippen LogP) is 4.30. The number of ketones is 1. The van der Waals surface area contributed by atoms with Crippen molar-refractivity contribution >= 4 is 38.6 Å². The number of amides is 1. The van der Waals surface area contributed by atoms with Crippen LogP contribution in [-0.2, 0) is 26.0 Å². The van der Waals surface area contributed by atoms with Gasteiger partial charge in [0.2, 0.25) is 10.0 Å². The third kappa shape index (κ3) is 6.01. The maximum atomic E-state index is 12.8. The van der Waals surface area contributed by atoms with Crippen molar-refractivity contribution in [1.82, 2.24) is 9.97 Å². The Labute approximate surface area is 193 Å². The van der Waals surface area contributed by atoms with Crippen LogP contribution in [0.4, 0.5) is 10.5 Å². The highest BCUT2D eigenvalue weighted by Crippen LogP contribution is 2.29. The van der Waals surface area contributed by atoms with E-state index >= 15 is 0 Å². The summed E-state index contributed by atoms with van der Waals surface area (Å²) in [6.07, 6.45) is 2.57. The van der Waals surface area contributed by atoms with E-state index in [1.165, 1.54) is 18.2 Å². The molecular weight excluding hydrogens is 442 g/mol. The van der Waals surface area contributed by atoms with E-state index < -0.39 is 21.7 Å². The maximum absolute atomic E-state index is 12.8. The summed E-state index contributed by atoms with van der Waals surface area (Å²) in [6.45, 7) is 8.40. The van der Waals surface area contributed by atoms with Gasteiger partial charge in [0.25, 0.3) is 0 Å². The smallest absolute Gasteiger partial charge is 0.428 e. The lowest BCUT2D eigenvalue weighted by molar-refractivity contribution is -0.114. The number of hydrogen-bond donors (Lipinski definition) is 0. The molecule has 0 N–H and O–H groups in total. The highest BCUT2D eigenvalue weighted by atomic mass is 32.2. The molecule has 0 spiro atoms. The van der Waals surface area contributed by atoms with Gasteiger partial charge in [-0.3, -0.25) is 9.78 Å². The minimum atomic E-state index is -4.06. The Bertz CT molecular complexity index is 1340. The fourth-order valence-electron chi connectivity index (χ4n) is 3.15. The summed E-state index contributed by atoms with van der Waals surface area (Å²) in [5.74, 6) is -0.258. The molecule has 1 amide bonds. The summed E-state index contributed by atoms with van der Waals surface area (Å²) in [6, 6.07) is 12.0. The third-order valence-electron chi connectivity index (χ3n) is 4.45. The molecule has 0 atom stereocenters. The van der Waals surface area contributed by atoms with Crippen molar-refractivity contribution in [2.45, 2.75) is 32.8 Å². The minimum Gasteiger partial charge on any atom is -0.443 e. The predicted molar refractivity (Wildman–Crippen MR) is 127 cm³/mol. The van der Waals surface area contributed by atoms with Gasteiger partial charge in [-0.1, -0.05) is 18.7 Å². The van der Waals surface area contributed by atoms with Gasteiger partial charge in [0, 0.05) is 12.0 Å². The number of sulfonamides is 1. The number of benzene rings is 2. The fourth-order valence-corrected chi connectivity index (χ4v) is 3.94. The molecule has 0 saturated heterocycles. The molecular formula is C24H25N3O5S. The first kappa shape index (κ1) is 24.1. The summed E-state index contributed by atoms with van der Waals surface area (Å²) in [5, 5.41) is 0. The number of para-hydroxylation sites is 2. The molecule has 0 unspecified atom stereocenters. The molecule has 2 aromatic carbocycles. The zero-order chi connectivity index (χ0) is 24.4. The number of fused-ring (bicyclic) bond motifs is 1. The Hall–Kier alpha value is -3.59. The zero-order valence-corrected chi connectivity index (χ0v) is 19.7. The lowest BCUT2D eigenvalue weighted by Crippen LogP contribution is -2.40. The van der Waals surface area contributed by atoms with Crippen LogP contribution in [0.1, 0.15) is 26.3 Å². The molecule has 0 radical (unpaired) electrons. The van der Waals surface area contributed by atoms with Crippen molar-refractivity contribution in [2.75, 3.05) is 10.6 Å². The number of anilines is 1. The van der Waals surface area contributed by atoms with Gasteiger partial charge in [-0.05, 0) is 62.7 Å². The van der Waals surface area contributed by atoms with E-state index in [4.69, 9.17) is 4.74 Å². The van der Waals surface area contributed by atoms with Crippen molar-refractivity contribution < 1.29 is 22.7 Å². The van der Waals surface area contributed by atoms with E-state index in [2.05, 4.69) is 16.5 Å². The van der Waals surface area contributed by atoms with Crippen LogP contribution < -0.4 is 4.31 Å². The largest absolute Gasteiger partial charge is 0.443 e. The van der Waals surface area contributed by atoms with Gasteiger partial charge in [0.1, 0.15) is 5.60 Å². The second kappa shape index (κ2) is 9.11. The first-order valence-corrected chi connectivity index (χ1v) is 12.0. The summed E-state index contributed by atoms with van der Waals surface area (Å²) >= 11 is 0. The van der Waals surface area contributed by atoms with Gasteiger partial charge in [-0.15, -0.1) is 0 Å². The van der Waals surface area contributed by atoms with E-state index in [0.717, 1.165) is 6.26 Å². The highest BCUT2D eigenvalue weighted by Gasteiger charge is 2.31. The molecule has 0 aliphatic heterocycles. The number of allylic oxidation sites excluding steroid dienone is 1. The SMILES string of the molecule is C=CC(=O)Cc1cc(-c2cnc3ccccc3n2)cc(N(C(=O)OC(C)(C)C)S(C)(=O)=O)c1. The molecule has 9 heteroatoms. The summed E-state index contributed by atoms with van der Waals surface area (Å²) in [5.41, 5.74) is 1.91. The summed E-state index contributed by atoms with van der Waals surface area (Å²) < 4.78 is 31.1. The number of ether oxygens (including phenoxy) is 1. The Kier molecular flexibility index (Phi) is 6.64. The van der Waals surface area contributed by atoms with E-state index in [9.17, 15) is 18.0 Å². The molecule has 1 aromatic heterocycles. The number of carbonyl (C=O) groups is 2. The van der Waals surface area contributed by atoms with Gasteiger partial charge in [-0.2, -0.15) is 4.31 Å². The number of hydrogen-bond acceptors (Lipinski definition) is 7. The minimum absolute atomic E-state index is 0.0305. The molecule has 0 bridgehead atoms. The molecule has 0 fully saturated rings. The van der Waals surface area contributed by atoms with E-state index in [1.807, 2.05) is 18.2 Å². The standard InChI is InChI=1S/C24H25N3O5S/c1-6-19(28)13-16-11-17(22-15-25-20-9-7-8-10-21(20)26-22)14-18(12-16)27(33(5,30)31)23(29)32-24(2,3)4/h6-12,14-15H,1,13H2,2-5H3. The Morgan fingerprint density at radius 3 is 2.39 bits per heavy atom. The molecule has 172 valence electrons. The lowest BCUT2D eigenvalue weighted by Gasteiger charge is -2.26. The van der Waals surface area contributed by atoms with Crippen LogP contribution >= 0.6 is 0 Å². The second-order valence-corrected chi connectivity index (χ2v) is 10.3. The summed E-state index contributed by atoms with van der Waals surface area (Å²) in [4.78, 5) is 33.9. The number of rotatable bonds is 6. The van der Waals surface area contributed by atoms with Crippen LogP contribution in [0.15, 0.2) is 61.3 Å². The Morgan fingerprint density at radius 1 is 1.12 bits per heavy atom. The average molecular weight is 468 g/mol. The van der Waals surface area contributed by atoms with E-state index in [-0.39, 0.29) is 17.9 Å². The van der Waals surface area contributed by atoms with Gasteiger partial charge in [0.15, 0.2) is 5.78 Å². The quantitative estimate of drug-likeness (QED) is 0.498. The Balaban J connectivity index is 2.20. The fraction of sp³-hybridized carbons (Fsp3) is 0.250. The van der Waals surface area contributed by atoms with Crippen LogP contribution in [-0.4, -0.2) is 42.1 Å².